The zero-order chi connectivity index (χ0) is 30.4. The van der Waals surface area contributed by atoms with Crippen molar-refractivity contribution in [2.24, 2.45) is 10.8 Å². The van der Waals surface area contributed by atoms with E-state index in [1.807, 2.05) is 29.2 Å². The second-order valence-electron chi connectivity index (χ2n) is 13.2. The third kappa shape index (κ3) is 5.89. The molecule has 1 heterocycles. The monoisotopic (exact) mass is 571 g/mol. The lowest BCUT2D eigenvalue weighted by Crippen LogP contribution is -2.45. The normalized spacial score (nSPS) is 19.9. The average molecular weight is 572 g/mol. The van der Waals surface area contributed by atoms with E-state index >= 15 is 0 Å². The van der Waals surface area contributed by atoms with Crippen molar-refractivity contribution in [1.82, 2.24) is 4.90 Å². The Hall–Kier alpha value is -4.20. The largest absolute Gasteiger partial charge is 0.489 e. The summed E-state index contributed by atoms with van der Waals surface area (Å²) in [5, 5.41) is 18.7. The first-order valence-electron chi connectivity index (χ1n) is 14.3. The fraction of sp³-hybridized carbons (Fsp3) is 0.412. The van der Waals surface area contributed by atoms with Gasteiger partial charge in [-0.15, -0.1) is 0 Å². The summed E-state index contributed by atoms with van der Waals surface area (Å²) in [5.74, 6) is -1.93. The molecule has 3 aliphatic rings. The molecule has 1 aliphatic heterocycles. The predicted octanol–water partition coefficient (Wildman–Crippen LogP) is 6.12. The maximum Gasteiger partial charge on any atom is 0.335 e. The highest BCUT2D eigenvalue weighted by molar-refractivity contribution is 6.06. The van der Waals surface area contributed by atoms with Gasteiger partial charge in [0.1, 0.15) is 12.4 Å². The number of ether oxygens (including phenoxy) is 1. The van der Waals surface area contributed by atoms with Gasteiger partial charge in [-0.2, -0.15) is 0 Å². The third-order valence-electron chi connectivity index (χ3n) is 8.37. The number of carboxylic acid groups (broad SMARTS) is 2. The van der Waals surface area contributed by atoms with Crippen LogP contribution in [-0.2, 0) is 21.0 Å². The van der Waals surface area contributed by atoms with Crippen molar-refractivity contribution in [3.8, 4) is 5.75 Å². The van der Waals surface area contributed by atoms with Crippen LogP contribution in [-0.4, -0.2) is 45.2 Å². The highest BCUT2D eigenvalue weighted by Crippen LogP contribution is 2.54. The Kier molecular flexibility index (Phi) is 7.60. The number of carbonyl (C=O) groups excluding carboxylic acids is 2. The van der Waals surface area contributed by atoms with E-state index in [1.165, 1.54) is 12.1 Å². The van der Waals surface area contributed by atoms with E-state index in [1.54, 1.807) is 12.1 Å². The predicted molar refractivity (Wildman–Crippen MR) is 156 cm³/mol. The number of Topliss-reactive ketones (excluding diaryl/α,β-unsaturated/α-hetero) is 2. The molecule has 8 nitrogen and oxygen atoms in total. The van der Waals surface area contributed by atoms with Gasteiger partial charge in [-0.25, -0.2) is 4.79 Å². The minimum atomic E-state index is -0.993. The number of nitrogens with zero attached hydrogens (tertiary/aromatic N) is 1. The summed E-state index contributed by atoms with van der Waals surface area (Å²) in [7, 11) is 0. The maximum atomic E-state index is 13.9. The molecule has 0 bridgehead atoms. The van der Waals surface area contributed by atoms with Crippen molar-refractivity contribution in [2.45, 2.75) is 72.3 Å². The number of aromatic carboxylic acids is 1. The molecule has 0 fully saturated rings. The summed E-state index contributed by atoms with van der Waals surface area (Å²) >= 11 is 0. The van der Waals surface area contributed by atoms with Crippen molar-refractivity contribution in [3.63, 3.8) is 0 Å². The molecule has 8 heteroatoms. The van der Waals surface area contributed by atoms with E-state index < -0.39 is 17.9 Å². The van der Waals surface area contributed by atoms with Crippen LogP contribution in [0, 0.1) is 10.8 Å². The van der Waals surface area contributed by atoms with Crippen molar-refractivity contribution in [1.29, 1.82) is 0 Å². The molecule has 2 aromatic carbocycles. The summed E-state index contributed by atoms with van der Waals surface area (Å²) in [6.07, 6.45) is 1.81. The van der Waals surface area contributed by atoms with Gasteiger partial charge in [-0.05, 0) is 59.1 Å². The molecule has 0 saturated carbocycles. The molecule has 2 aromatic rings. The van der Waals surface area contributed by atoms with Gasteiger partial charge in [0.15, 0.2) is 11.6 Å². The fourth-order valence-electron chi connectivity index (χ4n) is 6.55. The van der Waals surface area contributed by atoms with Crippen molar-refractivity contribution in [2.75, 3.05) is 6.54 Å². The Bertz CT molecular complexity index is 1470. The smallest absolute Gasteiger partial charge is 0.335 e. The van der Waals surface area contributed by atoms with E-state index in [0.717, 1.165) is 22.5 Å². The summed E-state index contributed by atoms with van der Waals surface area (Å²) in [5.41, 5.74) is 4.04. The lowest BCUT2D eigenvalue weighted by atomic mass is 9.63. The first-order valence-corrected chi connectivity index (χ1v) is 14.3. The van der Waals surface area contributed by atoms with Crippen LogP contribution in [0.15, 0.2) is 71.1 Å². The fourth-order valence-corrected chi connectivity index (χ4v) is 6.55. The molecular weight excluding hydrogens is 534 g/mol. The molecule has 0 unspecified atom stereocenters. The minimum absolute atomic E-state index is 0.0133. The molecular formula is C34H37NO7. The summed E-state index contributed by atoms with van der Waals surface area (Å²) in [6.45, 7) is 8.63. The minimum Gasteiger partial charge on any atom is -0.489 e. The molecule has 2 aliphatic carbocycles. The summed E-state index contributed by atoms with van der Waals surface area (Å²) in [6, 6.07) is 13.9. The van der Waals surface area contributed by atoms with E-state index in [9.17, 15) is 24.3 Å². The van der Waals surface area contributed by atoms with E-state index in [4.69, 9.17) is 9.84 Å². The average Bonchev–Trinajstić information content (AvgIpc) is 2.89. The molecule has 0 atom stereocenters. The second-order valence-corrected chi connectivity index (χ2v) is 13.2. The zero-order valence-corrected chi connectivity index (χ0v) is 24.5. The Morgan fingerprint density at radius 2 is 1.43 bits per heavy atom. The van der Waals surface area contributed by atoms with E-state index in [-0.39, 0.29) is 47.5 Å². The van der Waals surface area contributed by atoms with Gasteiger partial charge in [-0.1, -0.05) is 52.0 Å². The number of ketones is 2. The number of allylic oxidation sites excluding steroid dienone is 4. The van der Waals surface area contributed by atoms with Gasteiger partial charge >= 0.3 is 11.9 Å². The standard InChI is InChI=1S/C34H37NO7/c1-33(2)15-24-30(26(36)17-33)29(31-25(35(24)13-12-28(38)39)16-34(3,4)18-27(31)37)22-6-5-7-23(14-22)42-19-20-8-10-21(11-9-20)32(40)41/h5-11,14,29H,12-13,15-19H2,1-4H3,(H,38,39)(H,40,41). The highest BCUT2D eigenvalue weighted by atomic mass is 16.5. The van der Waals surface area contributed by atoms with Crippen LogP contribution in [0.3, 0.4) is 0 Å². The van der Waals surface area contributed by atoms with Crippen molar-refractivity contribution in [3.05, 3.63) is 87.8 Å². The molecule has 2 N–H and O–H groups in total. The van der Waals surface area contributed by atoms with Crippen molar-refractivity contribution >= 4 is 23.5 Å². The molecule has 42 heavy (non-hydrogen) atoms. The third-order valence-corrected chi connectivity index (χ3v) is 8.37. The van der Waals surface area contributed by atoms with E-state index in [0.29, 0.717) is 42.6 Å². The molecule has 220 valence electrons. The van der Waals surface area contributed by atoms with Gasteiger partial charge in [0, 0.05) is 47.8 Å². The van der Waals surface area contributed by atoms with Crippen LogP contribution >= 0.6 is 0 Å². The van der Waals surface area contributed by atoms with Gasteiger partial charge in [0.05, 0.1) is 12.0 Å². The summed E-state index contributed by atoms with van der Waals surface area (Å²) < 4.78 is 6.08. The molecule has 0 radical (unpaired) electrons. The highest BCUT2D eigenvalue weighted by Gasteiger charge is 2.49. The second kappa shape index (κ2) is 10.9. The number of rotatable bonds is 8. The first-order chi connectivity index (χ1) is 19.7. The van der Waals surface area contributed by atoms with Gasteiger partial charge in [0.2, 0.25) is 0 Å². The Morgan fingerprint density at radius 3 is 1.95 bits per heavy atom. The maximum absolute atomic E-state index is 13.9. The molecule has 0 saturated heterocycles. The lowest BCUT2D eigenvalue weighted by molar-refractivity contribution is -0.137. The first kappa shape index (κ1) is 29.3. The van der Waals surface area contributed by atoms with Gasteiger partial charge in [0.25, 0.3) is 0 Å². The number of aliphatic carboxylic acids is 1. The van der Waals surface area contributed by atoms with Crippen molar-refractivity contribution < 1.29 is 34.1 Å². The van der Waals surface area contributed by atoms with Crippen LogP contribution in [0.5, 0.6) is 5.75 Å². The van der Waals surface area contributed by atoms with Gasteiger partial charge < -0.3 is 19.8 Å². The lowest BCUT2D eigenvalue weighted by Gasteiger charge is -2.49. The molecule has 0 amide bonds. The molecule has 0 aromatic heterocycles. The van der Waals surface area contributed by atoms with Crippen LogP contribution in [0.1, 0.15) is 87.2 Å². The molecule has 5 rings (SSSR count). The number of carbonyl (C=O) groups is 4. The van der Waals surface area contributed by atoms with Crippen LogP contribution < -0.4 is 4.74 Å². The quantitative estimate of drug-likeness (QED) is 0.389. The summed E-state index contributed by atoms with van der Waals surface area (Å²) in [4.78, 5) is 52.6. The Labute approximate surface area is 245 Å². The number of benzene rings is 2. The number of hydrogen-bond acceptors (Lipinski definition) is 6. The van der Waals surface area contributed by atoms with Crippen LogP contribution in [0.25, 0.3) is 0 Å². The Balaban J connectivity index is 1.57. The van der Waals surface area contributed by atoms with Crippen LogP contribution in [0.2, 0.25) is 0 Å². The zero-order valence-electron chi connectivity index (χ0n) is 24.5. The number of carboxylic acids is 2. The van der Waals surface area contributed by atoms with Crippen LogP contribution in [0.4, 0.5) is 0 Å². The molecule has 0 spiro atoms. The Morgan fingerprint density at radius 1 is 0.857 bits per heavy atom. The topological polar surface area (TPSA) is 121 Å². The number of hydrogen-bond donors (Lipinski definition) is 2. The SMILES string of the molecule is CC1(C)CC(=O)C2=C(C1)N(CCC(=O)O)C1=C(C(=O)CC(C)(C)C1)C2c1cccc(OCc2ccc(C(=O)O)cc2)c1. The van der Waals surface area contributed by atoms with E-state index in [2.05, 4.69) is 27.7 Å². The van der Waals surface area contributed by atoms with Gasteiger partial charge in [-0.3, -0.25) is 14.4 Å².